The fraction of sp³-hybridized carbons (Fsp3) is 0.200. The van der Waals surface area contributed by atoms with E-state index in [1.807, 2.05) is 30.5 Å². The van der Waals surface area contributed by atoms with Crippen molar-refractivity contribution in [2.45, 2.75) is 25.8 Å². The summed E-state index contributed by atoms with van der Waals surface area (Å²) in [7, 11) is 0. The van der Waals surface area contributed by atoms with E-state index in [0.717, 1.165) is 28.6 Å². The van der Waals surface area contributed by atoms with Gasteiger partial charge >= 0.3 is 0 Å². The maximum absolute atomic E-state index is 6.07. The largest absolute Gasteiger partial charge is 0.370 e. The van der Waals surface area contributed by atoms with E-state index in [9.17, 15) is 0 Å². The summed E-state index contributed by atoms with van der Waals surface area (Å²) in [4.78, 5) is 8.86. The van der Waals surface area contributed by atoms with Crippen molar-refractivity contribution < 1.29 is 0 Å². The first-order valence-corrected chi connectivity index (χ1v) is 8.31. The highest BCUT2D eigenvalue weighted by Crippen LogP contribution is 2.24. The number of pyridine rings is 1. The maximum Gasteiger partial charge on any atom is 0.193 e. The second-order valence-electron chi connectivity index (χ2n) is 6.15. The molecule has 0 unspecified atom stereocenters. The number of hydrogen-bond donors (Lipinski definition) is 2. The van der Waals surface area contributed by atoms with Crippen LogP contribution >= 0.6 is 24.0 Å². The van der Waals surface area contributed by atoms with Gasteiger partial charge in [-0.2, -0.15) is 0 Å². The van der Waals surface area contributed by atoms with E-state index < -0.39 is 0 Å². The molecule has 0 bridgehead atoms. The van der Waals surface area contributed by atoms with E-state index in [2.05, 4.69) is 39.6 Å². The van der Waals surface area contributed by atoms with E-state index in [1.165, 1.54) is 24.0 Å². The van der Waals surface area contributed by atoms with E-state index in [4.69, 9.17) is 5.73 Å². The number of hydrogen-bond acceptors (Lipinski definition) is 2. The van der Waals surface area contributed by atoms with Crippen LogP contribution in [0.4, 0.5) is 5.69 Å². The SMILES string of the molecule is I.NC(=NCc1ccnc2ccccc12)Nc1ccc2c(c1)CCC2. The first-order valence-electron chi connectivity index (χ1n) is 8.31. The summed E-state index contributed by atoms with van der Waals surface area (Å²) in [5, 5.41) is 4.32. The molecular weight excluding hydrogens is 423 g/mol. The van der Waals surface area contributed by atoms with Crippen LogP contribution in [0.25, 0.3) is 10.9 Å². The first-order chi connectivity index (χ1) is 11.8. The molecule has 0 spiro atoms. The van der Waals surface area contributed by atoms with Gasteiger partial charge in [-0.1, -0.05) is 24.3 Å². The number of aryl methyl sites for hydroxylation is 2. The lowest BCUT2D eigenvalue weighted by atomic mass is 10.1. The van der Waals surface area contributed by atoms with Crippen LogP contribution in [-0.4, -0.2) is 10.9 Å². The number of para-hydroxylation sites is 1. The van der Waals surface area contributed by atoms with Crippen molar-refractivity contribution in [3.8, 4) is 0 Å². The Kier molecular flexibility index (Phi) is 5.53. The van der Waals surface area contributed by atoms with E-state index in [-0.39, 0.29) is 24.0 Å². The Morgan fingerprint density at radius 1 is 1.08 bits per heavy atom. The molecule has 4 rings (SSSR count). The molecule has 2 aromatic carbocycles. The lowest BCUT2D eigenvalue weighted by molar-refractivity contribution is 0.912. The zero-order valence-electron chi connectivity index (χ0n) is 13.9. The van der Waals surface area contributed by atoms with Gasteiger partial charge in [0.1, 0.15) is 0 Å². The maximum atomic E-state index is 6.07. The van der Waals surface area contributed by atoms with Crippen LogP contribution in [0, 0.1) is 0 Å². The van der Waals surface area contributed by atoms with E-state index in [1.54, 1.807) is 0 Å². The van der Waals surface area contributed by atoms with Crippen LogP contribution in [-0.2, 0) is 19.4 Å². The molecule has 3 N–H and O–H groups in total. The van der Waals surface area contributed by atoms with Crippen LogP contribution in [0.3, 0.4) is 0 Å². The number of aromatic nitrogens is 1. The Morgan fingerprint density at radius 2 is 1.92 bits per heavy atom. The van der Waals surface area contributed by atoms with Gasteiger partial charge in [-0.15, -0.1) is 24.0 Å². The van der Waals surface area contributed by atoms with Crippen molar-refractivity contribution in [2.75, 3.05) is 5.32 Å². The molecule has 1 aromatic heterocycles. The average Bonchev–Trinajstić information content (AvgIpc) is 3.07. The van der Waals surface area contributed by atoms with Gasteiger partial charge in [0.2, 0.25) is 0 Å². The van der Waals surface area contributed by atoms with Gasteiger partial charge in [0.05, 0.1) is 12.1 Å². The van der Waals surface area contributed by atoms with Crippen molar-refractivity contribution >= 4 is 46.5 Å². The molecule has 0 radical (unpaired) electrons. The Bertz CT molecular complexity index is 915. The number of halogens is 1. The predicted octanol–water partition coefficient (Wildman–Crippen LogP) is 4.27. The minimum Gasteiger partial charge on any atom is -0.370 e. The molecule has 0 aliphatic heterocycles. The summed E-state index contributed by atoms with van der Waals surface area (Å²) in [5.41, 5.74) is 12.1. The van der Waals surface area contributed by atoms with Gasteiger partial charge < -0.3 is 11.1 Å². The fourth-order valence-corrected chi connectivity index (χ4v) is 3.30. The quantitative estimate of drug-likeness (QED) is 0.361. The third kappa shape index (κ3) is 3.92. The third-order valence-electron chi connectivity index (χ3n) is 4.53. The number of aliphatic imine (C=N–C) groups is 1. The number of nitrogens with two attached hydrogens (primary N) is 1. The predicted molar refractivity (Wildman–Crippen MR) is 115 cm³/mol. The topological polar surface area (TPSA) is 63.3 Å². The molecule has 0 saturated heterocycles. The van der Waals surface area contributed by atoms with Gasteiger partial charge in [0, 0.05) is 17.3 Å². The molecule has 128 valence electrons. The molecular formula is C20H21IN4. The van der Waals surface area contributed by atoms with Crippen LogP contribution in [0.5, 0.6) is 0 Å². The number of benzene rings is 2. The van der Waals surface area contributed by atoms with E-state index in [0.29, 0.717) is 12.5 Å². The number of fused-ring (bicyclic) bond motifs is 2. The molecule has 3 aromatic rings. The number of nitrogens with one attached hydrogen (secondary N) is 1. The molecule has 1 aliphatic rings. The number of anilines is 1. The smallest absolute Gasteiger partial charge is 0.193 e. The Hall–Kier alpha value is -2.15. The summed E-state index contributed by atoms with van der Waals surface area (Å²) in [5.74, 6) is 0.439. The normalized spacial score (nSPS) is 13.4. The second-order valence-corrected chi connectivity index (χ2v) is 6.15. The highest BCUT2D eigenvalue weighted by Gasteiger charge is 2.10. The van der Waals surface area contributed by atoms with Crippen molar-refractivity contribution in [3.05, 3.63) is 71.4 Å². The molecule has 0 fully saturated rings. The lowest BCUT2D eigenvalue weighted by Crippen LogP contribution is -2.22. The monoisotopic (exact) mass is 444 g/mol. The summed E-state index contributed by atoms with van der Waals surface area (Å²) < 4.78 is 0. The van der Waals surface area contributed by atoms with Crippen molar-refractivity contribution in [1.82, 2.24) is 4.98 Å². The first kappa shape index (κ1) is 17.7. The van der Waals surface area contributed by atoms with Crippen LogP contribution in [0.1, 0.15) is 23.1 Å². The van der Waals surface area contributed by atoms with Crippen LogP contribution in [0.15, 0.2) is 59.7 Å². The molecule has 0 amide bonds. The molecule has 1 aliphatic carbocycles. The molecule has 0 saturated carbocycles. The van der Waals surface area contributed by atoms with Crippen molar-refractivity contribution in [1.29, 1.82) is 0 Å². The van der Waals surface area contributed by atoms with Crippen molar-refractivity contribution in [3.63, 3.8) is 0 Å². The Labute approximate surface area is 164 Å². The van der Waals surface area contributed by atoms with Gasteiger partial charge in [0.15, 0.2) is 5.96 Å². The number of nitrogens with zero attached hydrogens (tertiary/aromatic N) is 2. The zero-order chi connectivity index (χ0) is 16.4. The molecule has 0 atom stereocenters. The molecule has 4 nitrogen and oxygen atoms in total. The molecule has 1 heterocycles. The van der Waals surface area contributed by atoms with Crippen LogP contribution in [0.2, 0.25) is 0 Å². The summed E-state index contributed by atoms with van der Waals surface area (Å²) in [6, 6.07) is 16.5. The minimum absolute atomic E-state index is 0. The molecule has 5 heteroatoms. The van der Waals surface area contributed by atoms with Gasteiger partial charge in [-0.05, 0) is 60.2 Å². The van der Waals surface area contributed by atoms with Crippen LogP contribution < -0.4 is 11.1 Å². The highest BCUT2D eigenvalue weighted by atomic mass is 127. The second kappa shape index (κ2) is 7.82. The highest BCUT2D eigenvalue weighted by molar-refractivity contribution is 14.0. The average molecular weight is 444 g/mol. The molecule has 25 heavy (non-hydrogen) atoms. The summed E-state index contributed by atoms with van der Waals surface area (Å²) in [6.07, 6.45) is 5.41. The van der Waals surface area contributed by atoms with E-state index >= 15 is 0 Å². The number of guanidine groups is 1. The Balaban J connectivity index is 0.00000182. The number of rotatable bonds is 3. The summed E-state index contributed by atoms with van der Waals surface area (Å²) in [6.45, 7) is 0.535. The zero-order valence-corrected chi connectivity index (χ0v) is 16.2. The van der Waals surface area contributed by atoms with Gasteiger partial charge in [-0.25, -0.2) is 4.99 Å². The minimum atomic E-state index is 0. The van der Waals surface area contributed by atoms with Gasteiger partial charge in [0.25, 0.3) is 0 Å². The van der Waals surface area contributed by atoms with Gasteiger partial charge in [-0.3, -0.25) is 4.98 Å². The summed E-state index contributed by atoms with van der Waals surface area (Å²) >= 11 is 0. The fourth-order valence-electron chi connectivity index (χ4n) is 3.30. The third-order valence-corrected chi connectivity index (χ3v) is 4.53. The standard InChI is InChI=1S/C20H20N4.HI/c21-20(24-17-9-8-14-4-3-5-15(14)12-17)23-13-16-10-11-22-19-7-2-1-6-18(16)19;/h1-2,6-12H,3-5,13H2,(H3,21,23,24);1H. The Morgan fingerprint density at radius 3 is 2.84 bits per heavy atom. The van der Waals surface area contributed by atoms with Crippen molar-refractivity contribution in [2.24, 2.45) is 10.7 Å². The lowest BCUT2D eigenvalue weighted by Gasteiger charge is -2.08.